The number of rotatable bonds is 4. The smallest absolute Gasteiger partial charge is 0.244 e. The Morgan fingerprint density at radius 3 is 2.56 bits per heavy atom. The van der Waals surface area contributed by atoms with Crippen LogP contribution in [-0.2, 0) is 20.9 Å². The number of fused-ring (bicyclic) bond motifs is 2. The van der Waals surface area contributed by atoms with Crippen LogP contribution in [0.1, 0.15) is 6.92 Å². The van der Waals surface area contributed by atoms with Gasteiger partial charge >= 0.3 is 0 Å². The van der Waals surface area contributed by atoms with Crippen molar-refractivity contribution in [1.82, 2.24) is 34.5 Å². The Bertz CT molecular complexity index is 1430. The molecule has 2 aliphatic rings. The quantitative estimate of drug-likeness (QED) is 0.463. The summed E-state index contributed by atoms with van der Waals surface area (Å²) in [5.41, 5.74) is 3.40. The van der Waals surface area contributed by atoms with Gasteiger partial charge in [-0.05, 0) is 17.5 Å². The summed E-state index contributed by atoms with van der Waals surface area (Å²) in [5, 5.41) is 6.48. The van der Waals surface area contributed by atoms with Gasteiger partial charge in [-0.25, -0.2) is 9.67 Å². The third-order valence-corrected chi connectivity index (χ3v) is 6.97. The molecule has 2 saturated heterocycles. The molecule has 0 aliphatic carbocycles. The second-order valence-corrected chi connectivity index (χ2v) is 9.18. The molecule has 6 rings (SSSR count). The average molecular weight is 489 g/mol. The number of morpholine rings is 1. The summed E-state index contributed by atoms with van der Waals surface area (Å²) in [6, 6.07) is 8.24. The van der Waals surface area contributed by atoms with Crippen LogP contribution < -0.4 is 4.90 Å². The Kier molecular flexibility index (Phi) is 5.76. The highest BCUT2D eigenvalue weighted by molar-refractivity contribution is 5.94. The first-order valence-electron chi connectivity index (χ1n) is 12.2. The van der Waals surface area contributed by atoms with E-state index in [1.54, 1.807) is 27.6 Å². The number of carbonyl (C=O) groups excluding carboxylic acids is 2. The van der Waals surface area contributed by atoms with Crippen LogP contribution in [0.15, 0.2) is 36.7 Å². The van der Waals surface area contributed by atoms with Crippen molar-refractivity contribution in [3.8, 4) is 11.3 Å². The van der Waals surface area contributed by atoms with Gasteiger partial charge in [0.15, 0.2) is 5.65 Å². The summed E-state index contributed by atoms with van der Waals surface area (Å²) in [7, 11) is 0. The largest absolute Gasteiger partial charge is 0.378 e. The second-order valence-electron chi connectivity index (χ2n) is 9.18. The number of hydrogen-bond acceptors (Lipinski definition) is 7. The normalized spacial score (nSPS) is 16.8. The molecule has 3 aromatic heterocycles. The van der Waals surface area contributed by atoms with Gasteiger partial charge in [0.05, 0.1) is 30.5 Å². The van der Waals surface area contributed by atoms with Crippen LogP contribution in [0.2, 0.25) is 0 Å². The predicted octanol–water partition coefficient (Wildman–Crippen LogP) is 1.50. The molecule has 4 aromatic rings. The molecule has 1 N–H and O–H groups in total. The van der Waals surface area contributed by atoms with Crippen molar-refractivity contribution in [2.75, 3.05) is 57.4 Å². The first-order valence-corrected chi connectivity index (χ1v) is 12.2. The highest BCUT2D eigenvalue weighted by Crippen LogP contribution is 2.30. The lowest BCUT2D eigenvalue weighted by Gasteiger charge is -2.34. The minimum atomic E-state index is -0.0379. The molecule has 0 bridgehead atoms. The lowest BCUT2D eigenvalue weighted by Crippen LogP contribution is -2.50. The van der Waals surface area contributed by atoms with E-state index in [1.165, 1.54) is 0 Å². The monoisotopic (exact) mass is 488 g/mol. The second kappa shape index (κ2) is 9.23. The van der Waals surface area contributed by atoms with Crippen LogP contribution in [0.3, 0.4) is 0 Å². The molecule has 2 fully saturated rings. The van der Waals surface area contributed by atoms with Crippen molar-refractivity contribution in [3.05, 3.63) is 36.7 Å². The summed E-state index contributed by atoms with van der Waals surface area (Å²) in [4.78, 5) is 43.5. The molecule has 0 radical (unpaired) electrons. The summed E-state index contributed by atoms with van der Waals surface area (Å²) in [5.74, 6) is 0.610. The van der Waals surface area contributed by atoms with E-state index < -0.39 is 0 Å². The van der Waals surface area contributed by atoms with Crippen molar-refractivity contribution >= 4 is 39.7 Å². The molecule has 11 heteroatoms. The first kappa shape index (κ1) is 22.5. The maximum Gasteiger partial charge on any atom is 0.244 e. The minimum Gasteiger partial charge on any atom is -0.378 e. The van der Waals surface area contributed by atoms with Crippen molar-refractivity contribution in [2.24, 2.45) is 0 Å². The van der Waals surface area contributed by atoms with E-state index in [9.17, 15) is 9.59 Å². The van der Waals surface area contributed by atoms with Gasteiger partial charge < -0.3 is 24.4 Å². The molecule has 36 heavy (non-hydrogen) atoms. The lowest BCUT2D eigenvalue weighted by atomic mass is 10.1. The van der Waals surface area contributed by atoms with Gasteiger partial charge in [0.25, 0.3) is 0 Å². The lowest BCUT2D eigenvalue weighted by molar-refractivity contribution is -0.138. The van der Waals surface area contributed by atoms with Gasteiger partial charge in [0.1, 0.15) is 6.54 Å². The summed E-state index contributed by atoms with van der Waals surface area (Å²) >= 11 is 0. The number of carbonyl (C=O) groups is 2. The number of H-pyrrole nitrogens is 1. The molecule has 1 aromatic carbocycles. The molecule has 11 nitrogen and oxygen atoms in total. The zero-order chi connectivity index (χ0) is 24.6. The number of amides is 2. The summed E-state index contributed by atoms with van der Waals surface area (Å²) in [6.45, 7) is 6.43. The van der Waals surface area contributed by atoms with E-state index in [2.05, 4.69) is 33.2 Å². The number of hydrogen-bond donors (Lipinski definition) is 1. The number of benzene rings is 1. The van der Waals surface area contributed by atoms with Crippen LogP contribution in [0.25, 0.3) is 33.2 Å². The highest BCUT2D eigenvalue weighted by atomic mass is 16.5. The first-order chi connectivity index (χ1) is 17.6. The van der Waals surface area contributed by atoms with E-state index in [0.29, 0.717) is 64.1 Å². The molecule has 0 atom stereocenters. The topological polar surface area (TPSA) is 112 Å². The van der Waals surface area contributed by atoms with E-state index in [1.807, 2.05) is 12.3 Å². The van der Waals surface area contributed by atoms with Crippen molar-refractivity contribution in [3.63, 3.8) is 0 Å². The van der Waals surface area contributed by atoms with Crippen molar-refractivity contribution in [1.29, 1.82) is 0 Å². The number of aromatic nitrogens is 5. The molecule has 0 unspecified atom stereocenters. The van der Waals surface area contributed by atoms with Crippen LogP contribution in [0.5, 0.6) is 0 Å². The Morgan fingerprint density at radius 2 is 1.78 bits per heavy atom. The number of ether oxygens (including phenoxy) is 1. The SMILES string of the molecule is CC(=O)N1CCN(C(=O)Cn2ncc3c(-c4ccc5cc[nH]c5c4)nc(N4CCOCC4)nc32)CC1. The molecule has 2 aliphatic heterocycles. The Hall–Kier alpha value is -3.99. The summed E-state index contributed by atoms with van der Waals surface area (Å²) in [6.07, 6.45) is 3.66. The Morgan fingerprint density at radius 1 is 1.00 bits per heavy atom. The van der Waals surface area contributed by atoms with Crippen LogP contribution in [0, 0.1) is 0 Å². The van der Waals surface area contributed by atoms with Gasteiger partial charge in [0, 0.05) is 63.5 Å². The standard InChI is InChI=1S/C25H28N8O3/c1-17(34)30-6-8-31(9-7-30)22(35)16-33-24-20(15-27-33)23(19-3-2-18-4-5-26-21(18)14-19)28-25(29-24)32-10-12-36-13-11-32/h2-5,14-15,26H,6-13,16H2,1H3. The number of anilines is 1. The maximum atomic E-state index is 13.1. The summed E-state index contributed by atoms with van der Waals surface area (Å²) < 4.78 is 7.18. The highest BCUT2D eigenvalue weighted by Gasteiger charge is 2.25. The van der Waals surface area contributed by atoms with Crippen LogP contribution in [-0.4, -0.2) is 98.8 Å². The fourth-order valence-electron chi connectivity index (χ4n) is 4.88. The Balaban J connectivity index is 1.35. The van der Waals surface area contributed by atoms with Gasteiger partial charge in [0.2, 0.25) is 17.8 Å². The minimum absolute atomic E-state index is 0.0379. The molecular formula is C25H28N8O3. The number of aromatic amines is 1. The molecule has 0 spiro atoms. The maximum absolute atomic E-state index is 13.1. The molecule has 0 saturated carbocycles. The number of piperazine rings is 1. The predicted molar refractivity (Wildman–Crippen MR) is 134 cm³/mol. The molecule has 5 heterocycles. The van der Waals surface area contributed by atoms with Gasteiger partial charge in [-0.2, -0.15) is 10.1 Å². The zero-order valence-electron chi connectivity index (χ0n) is 20.2. The van der Waals surface area contributed by atoms with Crippen molar-refractivity contribution in [2.45, 2.75) is 13.5 Å². The molecule has 2 amide bonds. The third-order valence-electron chi connectivity index (χ3n) is 6.97. The third kappa shape index (κ3) is 4.15. The average Bonchev–Trinajstić information content (AvgIpc) is 3.55. The van der Waals surface area contributed by atoms with E-state index in [4.69, 9.17) is 14.7 Å². The molecule has 186 valence electrons. The molecular weight excluding hydrogens is 460 g/mol. The fraction of sp³-hybridized carbons (Fsp3) is 0.400. The fourth-order valence-corrected chi connectivity index (χ4v) is 4.88. The van der Waals surface area contributed by atoms with E-state index in [-0.39, 0.29) is 18.4 Å². The van der Waals surface area contributed by atoms with Crippen LogP contribution >= 0.6 is 0 Å². The van der Waals surface area contributed by atoms with Crippen molar-refractivity contribution < 1.29 is 14.3 Å². The zero-order valence-corrected chi connectivity index (χ0v) is 20.2. The Labute approximate surface area is 207 Å². The van der Waals surface area contributed by atoms with Crippen LogP contribution in [0.4, 0.5) is 5.95 Å². The van der Waals surface area contributed by atoms with E-state index >= 15 is 0 Å². The van der Waals surface area contributed by atoms with Gasteiger partial charge in [-0.3, -0.25) is 9.59 Å². The number of nitrogens with one attached hydrogen (secondary N) is 1. The van der Waals surface area contributed by atoms with E-state index in [0.717, 1.165) is 27.5 Å². The van der Waals surface area contributed by atoms with Gasteiger partial charge in [-0.15, -0.1) is 0 Å². The van der Waals surface area contributed by atoms with Gasteiger partial charge in [-0.1, -0.05) is 12.1 Å². The number of nitrogens with zero attached hydrogens (tertiary/aromatic N) is 7.